The molecule has 2 aromatic heterocycles. The summed E-state index contributed by atoms with van der Waals surface area (Å²) in [6.07, 6.45) is 5.81. The molecule has 0 radical (unpaired) electrons. The molecule has 2 aliphatic rings. The lowest BCUT2D eigenvalue weighted by Gasteiger charge is -2.26. The molecule has 1 aliphatic carbocycles. The topological polar surface area (TPSA) is 74.7 Å². The zero-order valence-corrected chi connectivity index (χ0v) is 23.7. The van der Waals surface area contributed by atoms with Crippen LogP contribution < -0.4 is 4.90 Å². The molecule has 6 rings (SSSR count). The van der Waals surface area contributed by atoms with Gasteiger partial charge in [0.1, 0.15) is 11.5 Å². The predicted molar refractivity (Wildman–Crippen MR) is 155 cm³/mol. The van der Waals surface area contributed by atoms with Gasteiger partial charge in [0.15, 0.2) is 0 Å². The minimum Gasteiger partial charge on any atom is -0.478 e. The van der Waals surface area contributed by atoms with Crippen LogP contribution >= 0.6 is 23.2 Å². The van der Waals surface area contributed by atoms with Crippen LogP contribution in [0.1, 0.15) is 53.8 Å². The third-order valence-corrected chi connectivity index (χ3v) is 8.91. The SMILES string of the molecule is CC1CCN(c2ccc3c(C(=O)O)cn(C)c3c2)CCN1CCc1c(-c2c(Cl)cccc2Cl)noc1C1CC1. The first-order valence-electron chi connectivity index (χ1n) is 13.6. The number of hydrogen-bond acceptors (Lipinski definition) is 5. The first-order valence-corrected chi connectivity index (χ1v) is 14.3. The molecule has 0 spiro atoms. The summed E-state index contributed by atoms with van der Waals surface area (Å²) in [7, 11) is 1.90. The van der Waals surface area contributed by atoms with E-state index in [-0.39, 0.29) is 0 Å². The normalized spacial score (nSPS) is 18.6. The van der Waals surface area contributed by atoms with Crippen molar-refractivity contribution in [2.75, 3.05) is 31.1 Å². The van der Waals surface area contributed by atoms with Gasteiger partial charge < -0.3 is 19.1 Å². The molecule has 1 N–H and O–H groups in total. The van der Waals surface area contributed by atoms with Crippen molar-refractivity contribution in [1.82, 2.24) is 14.6 Å². The molecule has 1 saturated heterocycles. The van der Waals surface area contributed by atoms with Crippen LogP contribution in [-0.2, 0) is 13.5 Å². The Kier molecular flexibility index (Phi) is 7.08. The van der Waals surface area contributed by atoms with Gasteiger partial charge >= 0.3 is 5.97 Å². The molecule has 3 heterocycles. The van der Waals surface area contributed by atoms with E-state index in [9.17, 15) is 9.90 Å². The molecule has 0 amide bonds. The molecule has 2 fully saturated rings. The van der Waals surface area contributed by atoms with Gasteiger partial charge in [0.2, 0.25) is 0 Å². The fraction of sp³-hybridized carbons (Fsp3) is 0.400. The Morgan fingerprint density at radius 3 is 2.59 bits per heavy atom. The first kappa shape index (κ1) is 26.2. The summed E-state index contributed by atoms with van der Waals surface area (Å²) in [6, 6.07) is 12.1. The van der Waals surface area contributed by atoms with Crippen LogP contribution in [0.2, 0.25) is 10.0 Å². The highest BCUT2D eigenvalue weighted by atomic mass is 35.5. The fourth-order valence-electron chi connectivity index (χ4n) is 5.84. The van der Waals surface area contributed by atoms with Crippen LogP contribution in [0.3, 0.4) is 0 Å². The maximum absolute atomic E-state index is 11.6. The van der Waals surface area contributed by atoms with E-state index in [0.717, 1.165) is 91.0 Å². The lowest BCUT2D eigenvalue weighted by molar-refractivity contribution is 0.0699. The quantitative estimate of drug-likeness (QED) is 0.263. The third-order valence-electron chi connectivity index (χ3n) is 8.28. The summed E-state index contributed by atoms with van der Waals surface area (Å²) in [5, 5.41) is 15.9. The monoisotopic (exact) mass is 566 g/mol. The van der Waals surface area contributed by atoms with Crippen molar-refractivity contribution in [2.24, 2.45) is 7.05 Å². The molecule has 1 saturated carbocycles. The first-order chi connectivity index (χ1) is 18.8. The van der Waals surface area contributed by atoms with Gasteiger partial charge in [-0.3, -0.25) is 4.90 Å². The van der Waals surface area contributed by atoms with E-state index in [1.807, 2.05) is 41.9 Å². The van der Waals surface area contributed by atoms with Gasteiger partial charge in [-0.2, -0.15) is 0 Å². The predicted octanol–water partition coefficient (Wildman–Crippen LogP) is 6.86. The number of benzene rings is 2. The van der Waals surface area contributed by atoms with E-state index in [1.54, 1.807) is 6.20 Å². The lowest BCUT2D eigenvalue weighted by atomic mass is 10.0. The number of anilines is 1. The number of halogens is 2. The summed E-state index contributed by atoms with van der Waals surface area (Å²) in [4.78, 5) is 16.6. The average molecular weight is 568 g/mol. The van der Waals surface area contributed by atoms with Crippen LogP contribution in [-0.4, -0.2) is 57.9 Å². The second kappa shape index (κ2) is 10.5. The van der Waals surface area contributed by atoms with Crippen molar-refractivity contribution < 1.29 is 14.4 Å². The Hall–Kier alpha value is -3.00. The van der Waals surface area contributed by atoms with E-state index >= 15 is 0 Å². The minimum absolute atomic E-state index is 0.339. The molecule has 4 aromatic rings. The van der Waals surface area contributed by atoms with Gasteiger partial charge in [0, 0.05) is 73.6 Å². The number of hydrogen-bond donors (Lipinski definition) is 1. The number of aryl methyl sites for hydroxylation is 1. The second-order valence-corrected chi connectivity index (χ2v) is 11.6. The van der Waals surface area contributed by atoms with E-state index < -0.39 is 5.97 Å². The average Bonchev–Trinajstić information content (AvgIpc) is 3.63. The van der Waals surface area contributed by atoms with E-state index in [4.69, 9.17) is 27.7 Å². The van der Waals surface area contributed by atoms with E-state index in [0.29, 0.717) is 27.6 Å². The van der Waals surface area contributed by atoms with E-state index in [2.05, 4.69) is 27.9 Å². The molecule has 9 heteroatoms. The highest BCUT2D eigenvalue weighted by Crippen LogP contribution is 2.46. The number of carboxylic acids is 1. The van der Waals surface area contributed by atoms with Crippen molar-refractivity contribution in [1.29, 1.82) is 0 Å². The van der Waals surface area contributed by atoms with Gasteiger partial charge in [0.25, 0.3) is 0 Å². The summed E-state index contributed by atoms with van der Waals surface area (Å²) in [5.41, 5.74) is 5.05. The van der Waals surface area contributed by atoms with Crippen molar-refractivity contribution in [3.05, 3.63) is 69.5 Å². The van der Waals surface area contributed by atoms with Gasteiger partial charge in [-0.15, -0.1) is 0 Å². The highest BCUT2D eigenvalue weighted by molar-refractivity contribution is 6.39. The molecule has 1 unspecified atom stereocenters. The minimum atomic E-state index is -0.898. The molecule has 204 valence electrons. The summed E-state index contributed by atoms with van der Waals surface area (Å²) in [5.74, 6) is 0.528. The molecule has 1 atom stereocenters. The maximum atomic E-state index is 11.6. The number of aromatic nitrogens is 2. The number of fused-ring (bicyclic) bond motifs is 1. The Balaban J connectivity index is 1.20. The van der Waals surface area contributed by atoms with Crippen LogP contribution in [0.5, 0.6) is 0 Å². The second-order valence-electron chi connectivity index (χ2n) is 10.8. The Morgan fingerprint density at radius 2 is 1.87 bits per heavy atom. The van der Waals surface area contributed by atoms with Gasteiger partial charge in [-0.1, -0.05) is 34.4 Å². The van der Waals surface area contributed by atoms with Gasteiger partial charge in [-0.25, -0.2) is 4.79 Å². The summed E-state index contributed by atoms with van der Waals surface area (Å²) in [6.45, 7) is 5.96. The molecular formula is C30H32Cl2N4O3. The molecule has 1 aliphatic heterocycles. The van der Waals surface area contributed by atoms with Crippen molar-refractivity contribution in [2.45, 2.75) is 44.6 Å². The Labute approximate surface area is 237 Å². The van der Waals surface area contributed by atoms with Crippen molar-refractivity contribution in [3.8, 4) is 11.3 Å². The fourth-order valence-corrected chi connectivity index (χ4v) is 6.42. The molecule has 0 bridgehead atoms. The molecule has 39 heavy (non-hydrogen) atoms. The third kappa shape index (κ3) is 5.04. The Bertz CT molecular complexity index is 1520. The van der Waals surface area contributed by atoms with Crippen molar-refractivity contribution in [3.63, 3.8) is 0 Å². The largest absolute Gasteiger partial charge is 0.478 e. The number of aromatic carboxylic acids is 1. The zero-order valence-electron chi connectivity index (χ0n) is 22.2. The Morgan fingerprint density at radius 1 is 1.10 bits per heavy atom. The smallest absolute Gasteiger partial charge is 0.337 e. The number of carboxylic acid groups (broad SMARTS) is 1. The van der Waals surface area contributed by atoms with Crippen LogP contribution in [0.15, 0.2) is 47.1 Å². The van der Waals surface area contributed by atoms with Gasteiger partial charge in [0.05, 0.1) is 21.1 Å². The summed E-state index contributed by atoms with van der Waals surface area (Å²) < 4.78 is 7.78. The highest BCUT2D eigenvalue weighted by Gasteiger charge is 2.34. The lowest BCUT2D eigenvalue weighted by Crippen LogP contribution is -2.36. The summed E-state index contributed by atoms with van der Waals surface area (Å²) >= 11 is 13.1. The standard InChI is InChI=1S/C30H32Cl2N4O3/c1-18-10-12-36(20-8-9-21-23(30(37)38)17-34(2)26(21)16-20)15-14-35(18)13-11-22-28(33-39-29(22)19-6-7-19)27-24(31)4-3-5-25(27)32/h3-5,8-9,16-19H,6-7,10-15H2,1-2H3,(H,37,38). The zero-order chi connectivity index (χ0) is 27.3. The molecule has 2 aromatic carbocycles. The molecular weight excluding hydrogens is 535 g/mol. The maximum Gasteiger partial charge on any atom is 0.337 e. The number of rotatable bonds is 7. The van der Waals surface area contributed by atoms with Crippen LogP contribution in [0, 0.1) is 0 Å². The number of carbonyl (C=O) groups is 1. The van der Waals surface area contributed by atoms with Crippen LogP contribution in [0.25, 0.3) is 22.2 Å². The van der Waals surface area contributed by atoms with Crippen LogP contribution in [0.4, 0.5) is 5.69 Å². The molecule has 7 nitrogen and oxygen atoms in total. The van der Waals surface area contributed by atoms with Gasteiger partial charge in [-0.05, 0) is 62.9 Å². The van der Waals surface area contributed by atoms with Crippen molar-refractivity contribution >= 4 is 45.8 Å². The van der Waals surface area contributed by atoms with E-state index in [1.165, 1.54) is 0 Å². The number of nitrogens with zero attached hydrogens (tertiary/aromatic N) is 4.